The van der Waals surface area contributed by atoms with Crippen LogP contribution in [0.5, 0.6) is 5.75 Å². The van der Waals surface area contributed by atoms with E-state index in [0.29, 0.717) is 30.6 Å². The van der Waals surface area contributed by atoms with Gasteiger partial charge in [0, 0.05) is 30.7 Å². The standard InChI is InChI=1S/C21H19N3O3.ClH/c1-27-15-12-14-6-4-9-23-19(14)18(13-15)22-10-5-11-24-20(25)16-7-2-3-8-17(16)21(24)26;/h2-4,6-9,12-13,22H,5,10-11H2,1H3;1H. The number of amides is 2. The lowest BCUT2D eigenvalue weighted by molar-refractivity contribution is 0.0654. The molecule has 1 N–H and O–H groups in total. The molecule has 0 unspecified atom stereocenters. The molecule has 0 bridgehead atoms. The minimum absolute atomic E-state index is 0. The third-order valence-electron chi connectivity index (χ3n) is 4.67. The number of fused-ring (bicyclic) bond motifs is 2. The zero-order valence-electron chi connectivity index (χ0n) is 15.3. The average molecular weight is 398 g/mol. The number of nitrogens with zero attached hydrogens (tertiary/aromatic N) is 2. The summed E-state index contributed by atoms with van der Waals surface area (Å²) in [4.78, 5) is 30.5. The van der Waals surface area contributed by atoms with E-state index in [4.69, 9.17) is 4.74 Å². The Bertz CT molecular complexity index is 1000. The minimum Gasteiger partial charge on any atom is -0.497 e. The van der Waals surface area contributed by atoms with Gasteiger partial charge in [-0.1, -0.05) is 18.2 Å². The fourth-order valence-corrected chi connectivity index (χ4v) is 3.32. The van der Waals surface area contributed by atoms with Crippen molar-refractivity contribution in [2.45, 2.75) is 6.42 Å². The van der Waals surface area contributed by atoms with E-state index >= 15 is 0 Å². The van der Waals surface area contributed by atoms with Crippen molar-refractivity contribution < 1.29 is 14.3 Å². The fraction of sp³-hybridized carbons (Fsp3) is 0.190. The van der Waals surface area contributed by atoms with Crippen molar-refractivity contribution in [2.75, 3.05) is 25.5 Å². The predicted molar refractivity (Wildman–Crippen MR) is 110 cm³/mol. The summed E-state index contributed by atoms with van der Waals surface area (Å²) in [5.41, 5.74) is 2.70. The number of anilines is 1. The van der Waals surface area contributed by atoms with Crippen molar-refractivity contribution in [3.63, 3.8) is 0 Å². The van der Waals surface area contributed by atoms with E-state index in [1.54, 1.807) is 37.6 Å². The number of methoxy groups -OCH3 is 1. The summed E-state index contributed by atoms with van der Waals surface area (Å²) >= 11 is 0. The van der Waals surface area contributed by atoms with Gasteiger partial charge in [-0.05, 0) is 30.7 Å². The van der Waals surface area contributed by atoms with E-state index in [-0.39, 0.29) is 24.2 Å². The molecule has 1 aliphatic rings. The summed E-state index contributed by atoms with van der Waals surface area (Å²) in [6, 6.07) is 14.6. The van der Waals surface area contributed by atoms with Crippen LogP contribution >= 0.6 is 12.4 Å². The van der Waals surface area contributed by atoms with Gasteiger partial charge in [-0.3, -0.25) is 19.5 Å². The van der Waals surface area contributed by atoms with Crippen LogP contribution in [0.25, 0.3) is 10.9 Å². The maximum atomic E-state index is 12.4. The van der Waals surface area contributed by atoms with Gasteiger partial charge < -0.3 is 10.1 Å². The van der Waals surface area contributed by atoms with Crippen LogP contribution in [-0.4, -0.2) is 41.9 Å². The van der Waals surface area contributed by atoms with Crippen LogP contribution in [-0.2, 0) is 0 Å². The Labute approximate surface area is 168 Å². The Kier molecular flexibility index (Phi) is 5.80. The Morgan fingerprint density at radius 3 is 2.43 bits per heavy atom. The molecule has 144 valence electrons. The highest BCUT2D eigenvalue weighted by atomic mass is 35.5. The predicted octanol–water partition coefficient (Wildman–Crippen LogP) is 3.76. The molecule has 1 aromatic heterocycles. The number of ether oxygens (including phenoxy) is 1. The Balaban J connectivity index is 0.00000225. The third-order valence-corrected chi connectivity index (χ3v) is 4.67. The molecular weight excluding hydrogens is 378 g/mol. The molecule has 2 aromatic carbocycles. The Hall–Kier alpha value is -3.12. The smallest absolute Gasteiger partial charge is 0.261 e. The summed E-state index contributed by atoms with van der Waals surface area (Å²) in [5.74, 6) is 0.312. The molecule has 1 aliphatic heterocycles. The molecule has 0 saturated heterocycles. The lowest BCUT2D eigenvalue weighted by atomic mass is 10.1. The molecule has 0 radical (unpaired) electrons. The van der Waals surface area contributed by atoms with Gasteiger partial charge in [0.05, 0.1) is 29.4 Å². The van der Waals surface area contributed by atoms with Crippen LogP contribution in [0.3, 0.4) is 0 Å². The van der Waals surface area contributed by atoms with E-state index in [9.17, 15) is 9.59 Å². The highest BCUT2D eigenvalue weighted by molar-refractivity contribution is 6.21. The van der Waals surface area contributed by atoms with E-state index in [1.165, 1.54) is 4.90 Å². The van der Waals surface area contributed by atoms with Crippen LogP contribution < -0.4 is 10.1 Å². The second kappa shape index (κ2) is 8.27. The molecule has 0 saturated carbocycles. The first-order valence-corrected chi connectivity index (χ1v) is 8.81. The number of carbonyl (C=O) groups excluding carboxylic acids is 2. The molecule has 0 fully saturated rings. The number of halogens is 1. The quantitative estimate of drug-likeness (QED) is 0.506. The van der Waals surface area contributed by atoms with Gasteiger partial charge in [0.15, 0.2) is 0 Å². The monoisotopic (exact) mass is 397 g/mol. The molecule has 4 rings (SSSR count). The SMILES string of the molecule is COc1cc(NCCCN2C(=O)c3ccccc3C2=O)c2ncccc2c1.Cl. The molecule has 28 heavy (non-hydrogen) atoms. The van der Waals surface area contributed by atoms with Crippen molar-refractivity contribution in [1.29, 1.82) is 0 Å². The van der Waals surface area contributed by atoms with E-state index in [1.807, 2.05) is 24.3 Å². The summed E-state index contributed by atoms with van der Waals surface area (Å²) in [6.45, 7) is 0.973. The van der Waals surface area contributed by atoms with Gasteiger partial charge in [-0.15, -0.1) is 12.4 Å². The van der Waals surface area contributed by atoms with Gasteiger partial charge in [-0.25, -0.2) is 0 Å². The summed E-state index contributed by atoms with van der Waals surface area (Å²) in [7, 11) is 1.63. The highest BCUT2D eigenvalue weighted by Gasteiger charge is 2.34. The van der Waals surface area contributed by atoms with Crippen molar-refractivity contribution >= 4 is 40.8 Å². The van der Waals surface area contributed by atoms with Gasteiger partial charge >= 0.3 is 0 Å². The first kappa shape index (κ1) is 19.6. The molecule has 2 amide bonds. The molecule has 0 aliphatic carbocycles. The summed E-state index contributed by atoms with van der Waals surface area (Å²) < 4.78 is 5.35. The molecule has 0 spiro atoms. The Morgan fingerprint density at radius 2 is 1.75 bits per heavy atom. The number of nitrogens with one attached hydrogen (secondary N) is 1. The minimum atomic E-state index is -0.218. The molecule has 7 heteroatoms. The normalized spacial score (nSPS) is 12.7. The number of pyridine rings is 1. The fourth-order valence-electron chi connectivity index (χ4n) is 3.32. The summed E-state index contributed by atoms with van der Waals surface area (Å²) in [5, 5.41) is 4.33. The largest absolute Gasteiger partial charge is 0.497 e. The second-order valence-electron chi connectivity index (χ2n) is 6.34. The molecular formula is C21H20ClN3O3. The van der Waals surface area contributed by atoms with Gasteiger partial charge in [0.1, 0.15) is 5.75 Å². The lowest BCUT2D eigenvalue weighted by Crippen LogP contribution is -2.31. The molecule has 6 nitrogen and oxygen atoms in total. The molecule has 3 aromatic rings. The van der Waals surface area contributed by atoms with Crippen LogP contribution in [0.2, 0.25) is 0 Å². The number of hydrogen-bond acceptors (Lipinski definition) is 5. The van der Waals surface area contributed by atoms with E-state index < -0.39 is 0 Å². The van der Waals surface area contributed by atoms with Crippen molar-refractivity contribution in [3.8, 4) is 5.75 Å². The van der Waals surface area contributed by atoms with Gasteiger partial charge in [-0.2, -0.15) is 0 Å². The second-order valence-corrected chi connectivity index (χ2v) is 6.34. The Morgan fingerprint density at radius 1 is 1.04 bits per heavy atom. The number of rotatable bonds is 6. The zero-order chi connectivity index (χ0) is 18.8. The summed E-state index contributed by atoms with van der Waals surface area (Å²) in [6.07, 6.45) is 2.38. The average Bonchev–Trinajstić information content (AvgIpc) is 2.95. The van der Waals surface area contributed by atoms with Gasteiger partial charge in [0.2, 0.25) is 0 Å². The van der Waals surface area contributed by atoms with Gasteiger partial charge in [0.25, 0.3) is 11.8 Å². The number of imide groups is 1. The maximum absolute atomic E-state index is 12.4. The first-order valence-electron chi connectivity index (χ1n) is 8.81. The van der Waals surface area contributed by atoms with Crippen molar-refractivity contribution in [2.24, 2.45) is 0 Å². The number of benzene rings is 2. The van der Waals surface area contributed by atoms with Crippen LogP contribution in [0.4, 0.5) is 5.69 Å². The highest BCUT2D eigenvalue weighted by Crippen LogP contribution is 2.28. The third kappa shape index (κ3) is 3.51. The van der Waals surface area contributed by atoms with Crippen LogP contribution in [0.15, 0.2) is 54.7 Å². The molecule has 2 heterocycles. The van der Waals surface area contributed by atoms with Crippen molar-refractivity contribution in [3.05, 3.63) is 65.9 Å². The maximum Gasteiger partial charge on any atom is 0.261 e. The topological polar surface area (TPSA) is 71.5 Å². The zero-order valence-corrected chi connectivity index (χ0v) is 16.2. The number of aromatic nitrogens is 1. The lowest BCUT2D eigenvalue weighted by Gasteiger charge is -2.15. The van der Waals surface area contributed by atoms with Crippen molar-refractivity contribution in [1.82, 2.24) is 9.88 Å². The van der Waals surface area contributed by atoms with Crippen LogP contribution in [0, 0.1) is 0 Å². The van der Waals surface area contributed by atoms with E-state index in [2.05, 4.69) is 10.3 Å². The van der Waals surface area contributed by atoms with Crippen LogP contribution in [0.1, 0.15) is 27.1 Å². The number of carbonyl (C=O) groups is 2. The van der Waals surface area contributed by atoms with E-state index in [0.717, 1.165) is 22.3 Å². The number of hydrogen-bond donors (Lipinski definition) is 1. The molecule has 0 atom stereocenters. The first-order chi connectivity index (χ1) is 13.2.